The molecule has 0 saturated heterocycles. The first-order chi connectivity index (χ1) is 10.2. The summed E-state index contributed by atoms with van der Waals surface area (Å²) in [5, 5.41) is 22.9. The van der Waals surface area contributed by atoms with Gasteiger partial charge in [0.2, 0.25) is 0 Å². The first-order valence-corrected chi connectivity index (χ1v) is 6.18. The maximum Gasteiger partial charge on any atom is 0.287 e. The van der Waals surface area contributed by atoms with Crippen LogP contribution in [0.15, 0.2) is 42.5 Å². The van der Waals surface area contributed by atoms with E-state index in [0.717, 1.165) is 11.3 Å². The number of ether oxygens (including phenoxy) is 1. The van der Waals surface area contributed by atoms with Gasteiger partial charge in [-0.3, -0.25) is 10.1 Å². The molecule has 106 valence electrons. The average molecular weight is 283 g/mol. The fourth-order valence-electron chi connectivity index (χ4n) is 1.94. The van der Waals surface area contributed by atoms with E-state index in [-0.39, 0.29) is 11.3 Å². The summed E-state index contributed by atoms with van der Waals surface area (Å²) >= 11 is 0. The van der Waals surface area contributed by atoms with Crippen LogP contribution >= 0.6 is 0 Å². The van der Waals surface area contributed by atoms with E-state index in [0.29, 0.717) is 12.3 Å². The fourth-order valence-corrected chi connectivity index (χ4v) is 1.94. The number of nitro benzene ring substituents is 1. The van der Waals surface area contributed by atoms with Crippen molar-refractivity contribution in [3.63, 3.8) is 0 Å². The Labute approximate surface area is 121 Å². The number of hydrogen-bond donors (Lipinski definition) is 1. The Hall–Kier alpha value is -2.91. The Balaban J connectivity index is 2.33. The van der Waals surface area contributed by atoms with E-state index in [4.69, 9.17) is 10.00 Å². The Kier molecular flexibility index (Phi) is 4.49. The van der Waals surface area contributed by atoms with Crippen molar-refractivity contribution < 1.29 is 9.66 Å². The average Bonchev–Trinajstić information content (AvgIpc) is 2.49. The van der Waals surface area contributed by atoms with E-state index in [9.17, 15) is 10.1 Å². The zero-order valence-electron chi connectivity index (χ0n) is 11.4. The monoisotopic (exact) mass is 283 g/mol. The van der Waals surface area contributed by atoms with Crippen molar-refractivity contribution in [3.8, 4) is 6.07 Å². The van der Waals surface area contributed by atoms with Gasteiger partial charge < -0.3 is 10.1 Å². The number of nitriles is 1. The lowest BCUT2D eigenvalue weighted by Gasteiger charge is -2.11. The molecule has 0 aliphatic rings. The molecule has 0 aromatic heterocycles. The Morgan fingerprint density at radius 3 is 2.76 bits per heavy atom. The SMILES string of the molecule is COCc1ccccc1Nc1ccc([N+](=O)[O-])c(C#N)c1. The molecular weight excluding hydrogens is 270 g/mol. The molecule has 0 spiro atoms. The molecule has 6 nitrogen and oxygen atoms in total. The number of anilines is 2. The van der Waals surface area contributed by atoms with Crippen molar-refractivity contribution in [2.45, 2.75) is 6.61 Å². The summed E-state index contributed by atoms with van der Waals surface area (Å²) in [6.45, 7) is 0.446. The summed E-state index contributed by atoms with van der Waals surface area (Å²) in [7, 11) is 1.61. The first-order valence-electron chi connectivity index (χ1n) is 6.18. The third-order valence-electron chi connectivity index (χ3n) is 2.91. The van der Waals surface area contributed by atoms with Crippen LogP contribution in [0.3, 0.4) is 0 Å². The van der Waals surface area contributed by atoms with Gasteiger partial charge in [0, 0.05) is 30.1 Å². The lowest BCUT2D eigenvalue weighted by molar-refractivity contribution is -0.385. The molecule has 0 atom stereocenters. The van der Waals surface area contributed by atoms with Crippen LogP contribution in [0.5, 0.6) is 0 Å². The summed E-state index contributed by atoms with van der Waals surface area (Å²) < 4.78 is 5.12. The van der Waals surface area contributed by atoms with Crippen LogP contribution in [-0.4, -0.2) is 12.0 Å². The topological polar surface area (TPSA) is 88.2 Å². The normalized spacial score (nSPS) is 9.90. The largest absolute Gasteiger partial charge is 0.380 e. The molecule has 0 saturated carbocycles. The van der Waals surface area contributed by atoms with E-state index < -0.39 is 4.92 Å². The van der Waals surface area contributed by atoms with E-state index in [1.54, 1.807) is 13.2 Å². The maximum absolute atomic E-state index is 10.8. The van der Waals surface area contributed by atoms with Gasteiger partial charge in [0.25, 0.3) is 5.69 Å². The van der Waals surface area contributed by atoms with Crippen molar-refractivity contribution in [1.82, 2.24) is 0 Å². The van der Waals surface area contributed by atoms with Gasteiger partial charge in [0.05, 0.1) is 11.5 Å². The minimum absolute atomic E-state index is 0.0224. The van der Waals surface area contributed by atoms with Crippen LogP contribution in [-0.2, 0) is 11.3 Å². The molecular formula is C15H13N3O3. The van der Waals surface area contributed by atoms with Crippen molar-refractivity contribution in [1.29, 1.82) is 5.26 Å². The zero-order valence-corrected chi connectivity index (χ0v) is 11.4. The molecule has 0 amide bonds. The van der Waals surface area contributed by atoms with Crippen LogP contribution < -0.4 is 5.32 Å². The van der Waals surface area contributed by atoms with E-state index >= 15 is 0 Å². The lowest BCUT2D eigenvalue weighted by Crippen LogP contribution is -1.99. The molecule has 0 aliphatic heterocycles. The smallest absolute Gasteiger partial charge is 0.287 e. The van der Waals surface area contributed by atoms with Crippen molar-refractivity contribution in [2.75, 3.05) is 12.4 Å². The number of nitrogens with zero attached hydrogens (tertiary/aromatic N) is 2. The van der Waals surface area contributed by atoms with E-state index in [1.165, 1.54) is 12.1 Å². The third-order valence-corrected chi connectivity index (χ3v) is 2.91. The van der Waals surface area contributed by atoms with E-state index in [2.05, 4.69) is 5.32 Å². The van der Waals surface area contributed by atoms with Gasteiger partial charge in [-0.2, -0.15) is 5.26 Å². The van der Waals surface area contributed by atoms with Crippen LogP contribution in [0, 0.1) is 21.4 Å². The predicted octanol–water partition coefficient (Wildman–Crippen LogP) is 3.36. The van der Waals surface area contributed by atoms with Gasteiger partial charge in [0.1, 0.15) is 11.6 Å². The number of nitro groups is 1. The first kappa shape index (κ1) is 14.5. The Morgan fingerprint density at radius 1 is 1.33 bits per heavy atom. The standard InChI is InChI=1S/C15H13N3O3/c1-21-10-11-4-2-3-5-14(11)17-13-6-7-15(18(19)20)12(8-13)9-16/h2-8,17H,10H2,1H3. The summed E-state index contributed by atoms with van der Waals surface area (Å²) in [5.41, 5.74) is 2.22. The highest BCUT2D eigenvalue weighted by Crippen LogP contribution is 2.26. The highest BCUT2D eigenvalue weighted by Gasteiger charge is 2.14. The second-order valence-corrected chi connectivity index (χ2v) is 4.32. The molecule has 0 bridgehead atoms. The van der Waals surface area contributed by atoms with Gasteiger partial charge >= 0.3 is 0 Å². The second kappa shape index (κ2) is 6.50. The van der Waals surface area contributed by atoms with Gasteiger partial charge in [-0.25, -0.2) is 0 Å². The predicted molar refractivity (Wildman–Crippen MR) is 78.2 cm³/mol. The van der Waals surface area contributed by atoms with Crippen molar-refractivity contribution >= 4 is 17.1 Å². The summed E-state index contributed by atoms with van der Waals surface area (Å²) in [4.78, 5) is 10.2. The van der Waals surface area contributed by atoms with Gasteiger partial charge in [-0.05, 0) is 18.2 Å². The number of nitrogens with one attached hydrogen (secondary N) is 1. The van der Waals surface area contributed by atoms with Crippen molar-refractivity contribution in [2.24, 2.45) is 0 Å². The second-order valence-electron chi connectivity index (χ2n) is 4.32. The quantitative estimate of drug-likeness (QED) is 0.671. The highest BCUT2D eigenvalue weighted by molar-refractivity contribution is 5.67. The maximum atomic E-state index is 10.8. The van der Waals surface area contributed by atoms with Gasteiger partial charge in [-0.15, -0.1) is 0 Å². The lowest BCUT2D eigenvalue weighted by atomic mass is 10.1. The number of rotatable bonds is 5. The molecule has 1 N–H and O–H groups in total. The molecule has 2 aromatic carbocycles. The van der Waals surface area contributed by atoms with Crippen LogP contribution in [0.25, 0.3) is 0 Å². The van der Waals surface area contributed by atoms with Gasteiger partial charge in [-0.1, -0.05) is 18.2 Å². The van der Waals surface area contributed by atoms with Crippen LogP contribution in [0.1, 0.15) is 11.1 Å². The molecule has 21 heavy (non-hydrogen) atoms. The molecule has 2 aromatic rings. The zero-order chi connectivity index (χ0) is 15.2. The van der Waals surface area contributed by atoms with Crippen LogP contribution in [0.4, 0.5) is 17.1 Å². The number of para-hydroxylation sites is 1. The van der Waals surface area contributed by atoms with E-state index in [1.807, 2.05) is 30.3 Å². The molecule has 0 radical (unpaired) electrons. The fraction of sp³-hybridized carbons (Fsp3) is 0.133. The minimum Gasteiger partial charge on any atom is -0.380 e. The summed E-state index contributed by atoms with van der Waals surface area (Å²) in [5.74, 6) is 0. The Bertz CT molecular complexity index is 708. The number of methoxy groups -OCH3 is 1. The molecule has 2 rings (SSSR count). The molecule has 0 unspecified atom stereocenters. The highest BCUT2D eigenvalue weighted by atomic mass is 16.6. The van der Waals surface area contributed by atoms with Gasteiger partial charge in [0.15, 0.2) is 0 Å². The van der Waals surface area contributed by atoms with Crippen LogP contribution in [0.2, 0.25) is 0 Å². The molecule has 0 fully saturated rings. The molecule has 0 heterocycles. The van der Waals surface area contributed by atoms with Crippen molar-refractivity contribution in [3.05, 3.63) is 63.7 Å². The molecule has 0 aliphatic carbocycles. The summed E-state index contributed by atoms with van der Waals surface area (Å²) in [6.07, 6.45) is 0. The summed E-state index contributed by atoms with van der Waals surface area (Å²) in [6, 6.07) is 13.8. The Morgan fingerprint density at radius 2 is 2.10 bits per heavy atom. The third kappa shape index (κ3) is 3.35. The number of benzene rings is 2. The molecule has 6 heteroatoms. The number of hydrogen-bond acceptors (Lipinski definition) is 5. The minimum atomic E-state index is -0.568.